The van der Waals surface area contributed by atoms with Gasteiger partial charge in [0.2, 0.25) is 0 Å². The van der Waals surface area contributed by atoms with E-state index in [9.17, 15) is 4.79 Å². The lowest BCUT2D eigenvalue weighted by molar-refractivity contribution is 0.0697. The first-order chi connectivity index (χ1) is 12.1. The van der Waals surface area contributed by atoms with E-state index in [0.717, 1.165) is 28.3 Å². The van der Waals surface area contributed by atoms with Crippen molar-refractivity contribution in [3.63, 3.8) is 0 Å². The van der Waals surface area contributed by atoms with Crippen LogP contribution < -0.4 is 20.1 Å². The molecule has 0 saturated heterocycles. The first kappa shape index (κ1) is 16.6. The summed E-state index contributed by atoms with van der Waals surface area (Å²) in [5.41, 5.74) is 2.90. The number of carboxylic acid groups (broad SMARTS) is 1. The second kappa shape index (κ2) is 7.12. The first-order valence-corrected chi connectivity index (χ1v) is 7.73. The van der Waals surface area contributed by atoms with Gasteiger partial charge in [0.15, 0.2) is 5.96 Å². The summed E-state index contributed by atoms with van der Waals surface area (Å²) in [7, 11) is 3.22. The molecule has 0 radical (unpaired) electrons. The smallest absolute Gasteiger partial charge is 0.335 e. The van der Waals surface area contributed by atoms with Crippen LogP contribution in [0.5, 0.6) is 11.5 Å². The molecule has 0 amide bonds. The third-order valence-corrected chi connectivity index (χ3v) is 3.96. The third kappa shape index (κ3) is 3.65. The summed E-state index contributed by atoms with van der Waals surface area (Å²) in [6.07, 6.45) is 0. The predicted molar refractivity (Wildman–Crippen MR) is 94.5 cm³/mol. The third-order valence-electron chi connectivity index (χ3n) is 3.96. The van der Waals surface area contributed by atoms with Gasteiger partial charge in [0, 0.05) is 23.9 Å². The number of aromatic carboxylic acids is 1. The molecule has 0 aliphatic carbocycles. The van der Waals surface area contributed by atoms with Gasteiger partial charge in [-0.1, -0.05) is 6.07 Å². The molecular formula is C18H19N3O4. The van der Waals surface area contributed by atoms with Crippen molar-refractivity contribution in [1.82, 2.24) is 5.32 Å². The molecule has 0 bridgehead atoms. The van der Waals surface area contributed by atoms with E-state index in [1.165, 1.54) is 0 Å². The molecule has 1 heterocycles. The molecule has 0 aromatic heterocycles. The summed E-state index contributed by atoms with van der Waals surface area (Å²) in [6, 6.07) is 10.6. The van der Waals surface area contributed by atoms with E-state index in [1.807, 2.05) is 18.2 Å². The first-order valence-electron chi connectivity index (χ1n) is 7.73. The van der Waals surface area contributed by atoms with Gasteiger partial charge in [0.05, 0.1) is 26.3 Å². The summed E-state index contributed by atoms with van der Waals surface area (Å²) >= 11 is 0. The number of anilines is 1. The molecule has 0 spiro atoms. The lowest BCUT2D eigenvalue weighted by atomic mass is 10.1. The zero-order valence-corrected chi connectivity index (χ0v) is 14.0. The molecule has 7 nitrogen and oxygen atoms in total. The Labute approximate surface area is 145 Å². The molecule has 25 heavy (non-hydrogen) atoms. The number of hydrogen-bond acceptors (Lipinski definition) is 6. The number of hydrogen-bond donors (Lipinski definition) is 3. The van der Waals surface area contributed by atoms with Crippen LogP contribution in [0.4, 0.5) is 5.69 Å². The van der Waals surface area contributed by atoms with Gasteiger partial charge in [0.1, 0.15) is 11.5 Å². The van der Waals surface area contributed by atoms with Crippen molar-refractivity contribution in [2.24, 2.45) is 4.99 Å². The quantitative estimate of drug-likeness (QED) is 0.774. The van der Waals surface area contributed by atoms with Gasteiger partial charge < -0.3 is 25.2 Å². The van der Waals surface area contributed by atoms with E-state index in [-0.39, 0.29) is 5.56 Å². The van der Waals surface area contributed by atoms with Gasteiger partial charge in [-0.3, -0.25) is 0 Å². The molecule has 7 heteroatoms. The summed E-state index contributed by atoms with van der Waals surface area (Å²) in [5.74, 6) is 1.08. The largest absolute Gasteiger partial charge is 0.497 e. The Balaban J connectivity index is 1.70. The van der Waals surface area contributed by atoms with E-state index in [1.54, 1.807) is 32.4 Å². The van der Waals surface area contributed by atoms with Crippen LogP contribution in [0, 0.1) is 0 Å². The fourth-order valence-corrected chi connectivity index (χ4v) is 2.57. The van der Waals surface area contributed by atoms with Crippen LogP contribution >= 0.6 is 0 Å². The number of nitrogens with one attached hydrogen (secondary N) is 2. The van der Waals surface area contributed by atoms with Gasteiger partial charge in [-0.15, -0.1) is 0 Å². The van der Waals surface area contributed by atoms with Crippen LogP contribution in [0.2, 0.25) is 0 Å². The number of aliphatic imine (C=N–C) groups is 1. The maximum Gasteiger partial charge on any atom is 0.335 e. The zero-order chi connectivity index (χ0) is 17.8. The Morgan fingerprint density at radius 1 is 1.24 bits per heavy atom. The van der Waals surface area contributed by atoms with E-state index >= 15 is 0 Å². The highest BCUT2D eigenvalue weighted by molar-refractivity contribution is 5.97. The number of carboxylic acids is 1. The number of guanidine groups is 1. The molecular weight excluding hydrogens is 322 g/mol. The predicted octanol–water partition coefficient (Wildman–Crippen LogP) is 2.47. The molecule has 3 rings (SSSR count). The molecule has 1 aliphatic rings. The van der Waals surface area contributed by atoms with Gasteiger partial charge in [0.25, 0.3) is 0 Å². The van der Waals surface area contributed by atoms with Crippen molar-refractivity contribution in [3.8, 4) is 11.5 Å². The Morgan fingerprint density at radius 2 is 2.08 bits per heavy atom. The molecule has 1 aliphatic heterocycles. The van der Waals surface area contributed by atoms with Crippen LogP contribution in [-0.2, 0) is 13.1 Å². The van der Waals surface area contributed by atoms with Crippen molar-refractivity contribution < 1.29 is 19.4 Å². The zero-order valence-electron chi connectivity index (χ0n) is 14.0. The Hall–Kier alpha value is -3.22. The second-order valence-corrected chi connectivity index (χ2v) is 5.50. The van der Waals surface area contributed by atoms with Crippen molar-refractivity contribution in [2.45, 2.75) is 13.1 Å². The fourth-order valence-electron chi connectivity index (χ4n) is 2.57. The molecule has 0 saturated carbocycles. The van der Waals surface area contributed by atoms with Gasteiger partial charge in [-0.05, 0) is 29.8 Å². The lowest BCUT2D eigenvalue weighted by Crippen LogP contribution is -2.33. The number of carbonyl (C=O) groups is 1. The monoisotopic (exact) mass is 341 g/mol. The molecule has 130 valence electrons. The van der Waals surface area contributed by atoms with E-state index in [0.29, 0.717) is 19.0 Å². The number of methoxy groups -OCH3 is 2. The highest BCUT2D eigenvalue weighted by atomic mass is 16.5. The summed E-state index contributed by atoms with van der Waals surface area (Å²) in [6.45, 7) is 0.997. The standard InChI is InChI=1S/C18H19N3O4/c1-24-14-6-5-13(16(8-14)25-2)10-20-18-19-9-12-4-3-11(17(22)23)7-15(12)21-18/h3-8H,9-10H2,1-2H3,(H,22,23)(H2,19,20,21). The molecule has 2 aromatic rings. The maximum absolute atomic E-state index is 11.1. The average Bonchev–Trinajstić information content (AvgIpc) is 2.65. The minimum atomic E-state index is -0.954. The number of nitrogens with zero attached hydrogens (tertiary/aromatic N) is 1. The number of rotatable bonds is 5. The Bertz CT molecular complexity index is 833. The number of ether oxygens (including phenoxy) is 2. The van der Waals surface area contributed by atoms with E-state index in [2.05, 4.69) is 15.6 Å². The van der Waals surface area contributed by atoms with Crippen LogP contribution in [0.25, 0.3) is 0 Å². The van der Waals surface area contributed by atoms with Gasteiger partial charge in [-0.25, -0.2) is 9.79 Å². The van der Waals surface area contributed by atoms with Crippen molar-refractivity contribution >= 4 is 17.6 Å². The summed E-state index contributed by atoms with van der Waals surface area (Å²) in [4.78, 5) is 15.5. The normalized spacial score (nSPS) is 12.5. The van der Waals surface area contributed by atoms with Crippen molar-refractivity contribution in [3.05, 3.63) is 53.1 Å². The van der Waals surface area contributed by atoms with Crippen LogP contribution in [0.3, 0.4) is 0 Å². The molecule has 3 N–H and O–H groups in total. The van der Waals surface area contributed by atoms with E-state index in [4.69, 9.17) is 14.6 Å². The Kier molecular flexibility index (Phi) is 4.74. The van der Waals surface area contributed by atoms with Gasteiger partial charge >= 0.3 is 5.97 Å². The summed E-state index contributed by atoms with van der Waals surface area (Å²) < 4.78 is 10.6. The Morgan fingerprint density at radius 3 is 2.80 bits per heavy atom. The van der Waals surface area contributed by atoms with Gasteiger partial charge in [-0.2, -0.15) is 0 Å². The SMILES string of the molecule is COc1ccc(CNC2=NCc3ccc(C(=O)O)cc3N2)c(OC)c1. The molecule has 0 unspecified atom stereocenters. The minimum absolute atomic E-state index is 0.240. The molecule has 0 fully saturated rings. The van der Waals surface area contributed by atoms with Crippen molar-refractivity contribution in [1.29, 1.82) is 0 Å². The second-order valence-electron chi connectivity index (χ2n) is 5.50. The number of benzene rings is 2. The van der Waals surface area contributed by atoms with Crippen LogP contribution in [0.15, 0.2) is 41.4 Å². The highest BCUT2D eigenvalue weighted by Gasteiger charge is 2.14. The maximum atomic E-state index is 11.1. The topological polar surface area (TPSA) is 92.2 Å². The lowest BCUT2D eigenvalue weighted by Gasteiger charge is -2.20. The molecule has 0 atom stereocenters. The fraction of sp³-hybridized carbons (Fsp3) is 0.222. The average molecular weight is 341 g/mol. The van der Waals surface area contributed by atoms with Crippen molar-refractivity contribution in [2.75, 3.05) is 19.5 Å². The van der Waals surface area contributed by atoms with E-state index < -0.39 is 5.97 Å². The molecule has 2 aromatic carbocycles. The highest BCUT2D eigenvalue weighted by Crippen LogP contribution is 2.25. The number of fused-ring (bicyclic) bond motifs is 1. The summed E-state index contributed by atoms with van der Waals surface area (Å²) in [5, 5.41) is 15.4. The minimum Gasteiger partial charge on any atom is -0.497 e. The van der Waals surface area contributed by atoms with Crippen LogP contribution in [-0.4, -0.2) is 31.3 Å². The van der Waals surface area contributed by atoms with Crippen LogP contribution in [0.1, 0.15) is 21.5 Å².